The Morgan fingerprint density at radius 1 is 0.880 bits per heavy atom. The Kier molecular flexibility index (Phi) is 4.63. The largest absolute Gasteiger partial charge is 0.479 e. The van der Waals surface area contributed by atoms with E-state index in [2.05, 4.69) is 10.2 Å². The number of aryl methyl sites for hydroxylation is 1. The minimum absolute atomic E-state index is 0.0623. The summed E-state index contributed by atoms with van der Waals surface area (Å²) in [6, 6.07) is 7.89. The molecule has 3 rings (SSSR count). The van der Waals surface area contributed by atoms with Crippen LogP contribution in [-0.2, 0) is 0 Å². The van der Waals surface area contributed by atoms with Crippen molar-refractivity contribution in [2.75, 3.05) is 7.11 Å². The van der Waals surface area contributed by atoms with Crippen LogP contribution in [0.5, 0.6) is 5.88 Å². The lowest BCUT2D eigenvalue weighted by atomic mass is 9.94. The van der Waals surface area contributed by atoms with Gasteiger partial charge >= 0.3 is 0 Å². The van der Waals surface area contributed by atoms with Crippen molar-refractivity contribution in [3.8, 4) is 28.1 Å². The SMILES string of the molecule is COc1nnc(C)c(-c2ccc(Cl)cc2)c1-c1c(F)cc(F)cc1F. The van der Waals surface area contributed by atoms with Crippen LogP contribution in [0.25, 0.3) is 22.3 Å². The monoisotopic (exact) mass is 364 g/mol. The summed E-state index contributed by atoms with van der Waals surface area (Å²) in [4.78, 5) is 0. The summed E-state index contributed by atoms with van der Waals surface area (Å²) in [5.41, 5.74) is 1.11. The lowest BCUT2D eigenvalue weighted by Gasteiger charge is -2.16. The number of nitrogens with zero attached hydrogens (tertiary/aromatic N) is 2. The van der Waals surface area contributed by atoms with Crippen molar-refractivity contribution >= 4 is 11.6 Å². The van der Waals surface area contributed by atoms with E-state index in [1.807, 2.05) is 0 Å². The van der Waals surface area contributed by atoms with Crippen LogP contribution in [0.2, 0.25) is 5.02 Å². The minimum Gasteiger partial charge on any atom is -0.479 e. The van der Waals surface area contributed by atoms with Gasteiger partial charge in [-0.05, 0) is 24.6 Å². The summed E-state index contributed by atoms with van der Waals surface area (Å²) < 4.78 is 47.3. The lowest BCUT2D eigenvalue weighted by molar-refractivity contribution is 0.393. The molecule has 128 valence electrons. The Morgan fingerprint density at radius 3 is 2.04 bits per heavy atom. The second kappa shape index (κ2) is 6.72. The van der Waals surface area contributed by atoms with Crippen LogP contribution in [0, 0.1) is 24.4 Å². The number of hydrogen-bond acceptors (Lipinski definition) is 3. The third kappa shape index (κ3) is 3.17. The van der Waals surface area contributed by atoms with Crippen LogP contribution in [0.15, 0.2) is 36.4 Å². The molecule has 0 aliphatic rings. The molecule has 0 aliphatic heterocycles. The highest BCUT2D eigenvalue weighted by Crippen LogP contribution is 2.41. The Balaban J connectivity index is 2.40. The molecule has 3 nitrogen and oxygen atoms in total. The second-order valence-corrected chi connectivity index (χ2v) is 5.73. The Bertz CT molecular complexity index is 923. The first-order valence-corrected chi connectivity index (χ1v) is 7.62. The Morgan fingerprint density at radius 2 is 1.48 bits per heavy atom. The maximum atomic E-state index is 14.4. The van der Waals surface area contributed by atoms with E-state index >= 15 is 0 Å². The molecule has 0 unspecified atom stereocenters. The van der Waals surface area contributed by atoms with Crippen molar-refractivity contribution in [1.29, 1.82) is 0 Å². The molecule has 0 aliphatic carbocycles. The number of rotatable bonds is 3. The van der Waals surface area contributed by atoms with Crippen molar-refractivity contribution in [2.45, 2.75) is 6.92 Å². The molecule has 0 fully saturated rings. The number of methoxy groups -OCH3 is 1. The zero-order valence-corrected chi connectivity index (χ0v) is 14.0. The average molecular weight is 365 g/mol. The maximum Gasteiger partial charge on any atom is 0.241 e. The second-order valence-electron chi connectivity index (χ2n) is 5.30. The molecule has 0 radical (unpaired) electrons. The first kappa shape index (κ1) is 17.2. The zero-order chi connectivity index (χ0) is 18.1. The van der Waals surface area contributed by atoms with Gasteiger partial charge in [-0.3, -0.25) is 0 Å². The number of hydrogen-bond donors (Lipinski definition) is 0. The van der Waals surface area contributed by atoms with Gasteiger partial charge in [0.25, 0.3) is 0 Å². The predicted octanol–water partition coefficient (Wildman–Crippen LogP) is 5.20. The average Bonchev–Trinajstić information content (AvgIpc) is 2.55. The topological polar surface area (TPSA) is 35.0 Å². The number of aromatic nitrogens is 2. The number of benzene rings is 2. The summed E-state index contributed by atoms with van der Waals surface area (Å²) in [5.74, 6) is -3.19. The Labute approximate surface area is 147 Å². The van der Waals surface area contributed by atoms with Crippen LogP contribution >= 0.6 is 11.6 Å². The van der Waals surface area contributed by atoms with E-state index in [1.165, 1.54) is 7.11 Å². The van der Waals surface area contributed by atoms with Crippen molar-refractivity contribution in [3.63, 3.8) is 0 Å². The Hall–Kier alpha value is -2.60. The maximum absolute atomic E-state index is 14.4. The zero-order valence-electron chi connectivity index (χ0n) is 13.3. The van der Waals surface area contributed by atoms with Crippen molar-refractivity contribution in [3.05, 3.63) is 64.6 Å². The van der Waals surface area contributed by atoms with Crippen LogP contribution in [-0.4, -0.2) is 17.3 Å². The van der Waals surface area contributed by atoms with Gasteiger partial charge in [0, 0.05) is 22.7 Å². The molecule has 1 heterocycles. The molecule has 7 heteroatoms. The van der Waals surface area contributed by atoms with E-state index < -0.39 is 23.0 Å². The van der Waals surface area contributed by atoms with Crippen molar-refractivity contribution in [2.24, 2.45) is 0 Å². The molecule has 0 N–H and O–H groups in total. The third-order valence-corrected chi connectivity index (χ3v) is 3.95. The third-order valence-electron chi connectivity index (χ3n) is 3.70. The quantitative estimate of drug-likeness (QED) is 0.641. The van der Waals surface area contributed by atoms with Gasteiger partial charge in [0.1, 0.15) is 17.5 Å². The summed E-state index contributed by atoms with van der Waals surface area (Å²) in [7, 11) is 1.31. The van der Waals surface area contributed by atoms with Gasteiger partial charge < -0.3 is 4.74 Å². The molecule has 0 amide bonds. The van der Waals surface area contributed by atoms with Gasteiger partial charge in [0.2, 0.25) is 5.88 Å². The summed E-state index contributed by atoms with van der Waals surface area (Å²) >= 11 is 5.91. The first-order valence-electron chi connectivity index (χ1n) is 7.24. The fraction of sp³-hybridized carbons (Fsp3) is 0.111. The van der Waals surface area contributed by atoms with E-state index in [4.69, 9.17) is 16.3 Å². The van der Waals surface area contributed by atoms with Crippen molar-refractivity contribution < 1.29 is 17.9 Å². The molecule has 0 saturated carbocycles. The van der Waals surface area contributed by atoms with E-state index in [0.29, 0.717) is 34.0 Å². The molecule has 0 saturated heterocycles. The molecule has 3 aromatic rings. The molecule has 25 heavy (non-hydrogen) atoms. The number of ether oxygens (including phenoxy) is 1. The van der Waals surface area contributed by atoms with E-state index in [1.54, 1.807) is 31.2 Å². The van der Waals surface area contributed by atoms with Gasteiger partial charge in [0.05, 0.1) is 23.9 Å². The lowest BCUT2D eigenvalue weighted by Crippen LogP contribution is -2.03. The molecule has 1 aromatic heterocycles. The molecule has 0 bridgehead atoms. The summed E-state index contributed by atoms with van der Waals surface area (Å²) in [6.45, 7) is 1.65. The number of halogens is 4. The van der Waals surface area contributed by atoms with Gasteiger partial charge in [0.15, 0.2) is 0 Å². The van der Waals surface area contributed by atoms with E-state index in [9.17, 15) is 13.2 Å². The normalized spacial score (nSPS) is 10.8. The predicted molar refractivity (Wildman–Crippen MR) is 89.1 cm³/mol. The van der Waals surface area contributed by atoms with Gasteiger partial charge in [-0.1, -0.05) is 23.7 Å². The fourth-order valence-corrected chi connectivity index (χ4v) is 2.76. The summed E-state index contributed by atoms with van der Waals surface area (Å²) in [6.07, 6.45) is 0. The first-order chi connectivity index (χ1) is 11.9. The van der Waals surface area contributed by atoms with Crippen LogP contribution < -0.4 is 4.74 Å². The van der Waals surface area contributed by atoms with Gasteiger partial charge in [-0.15, -0.1) is 5.10 Å². The smallest absolute Gasteiger partial charge is 0.241 e. The molecular weight excluding hydrogens is 353 g/mol. The fourth-order valence-electron chi connectivity index (χ4n) is 2.63. The highest BCUT2D eigenvalue weighted by molar-refractivity contribution is 6.30. The highest BCUT2D eigenvalue weighted by Gasteiger charge is 2.24. The van der Waals surface area contributed by atoms with Crippen LogP contribution in [0.1, 0.15) is 5.69 Å². The summed E-state index contributed by atoms with van der Waals surface area (Å²) in [5, 5.41) is 8.35. The van der Waals surface area contributed by atoms with Crippen molar-refractivity contribution in [1.82, 2.24) is 10.2 Å². The van der Waals surface area contributed by atoms with E-state index in [-0.39, 0.29) is 11.4 Å². The molecule has 0 spiro atoms. The van der Waals surface area contributed by atoms with Gasteiger partial charge in [-0.25, -0.2) is 13.2 Å². The molecule has 0 atom stereocenters. The minimum atomic E-state index is -1.06. The van der Waals surface area contributed by atoms with Crippen LogP contribution in [0.4, 0.5) is 13.2 Å². The van der Waals surface area contributed by atoms with Gasteiger partial charge in [-0.2, -0.15) is 5.10 Å². The highest BCUT2D eigenvalue weighted by atomic mass is 35.5. The van der Waals surface area contributed by atoms with Crippen LogP contribution in [0.3, 0.4) is 0 Å². The van der Waals surface area contributed by atoms with E-state index in [0.717, 1.165) is 0 Å². The standard InChI is InChI=1S/C18H12ClF3N2O/c1-9-15(10-3-5-11(19)6-4-10)17(18(25-2)24-23-9)16-13(21)7-12(20)8-14(16)22/h3-8H,1-2H3. The molecular formula is C18H12ClF3N2O. The molecule has 2 aromatic carbocycles.